The van der Waals surface area contributed by atoms with Crippen molar-refractivity contribution in [1.82, 2.24) is 25.9 Å². The van der Waals surface area contributed by atoms with Gasteiger partial charge in [-0.05, 0) is 61.9 Å². The minimum absolute atomic E-state index is 0.000163. The van der Waals surface area contributed by atoms with Gasteiger partial charge in [0.15, 0.2) is 0 Å². The normalized spacial score (nSPS) is 13.8. The number of hydrogen-bond donors (Lipinski definition) is 9. The number of primary amides is 1. The van der Waals surface area contributed by atoms with Crippen molar-refractivity contribution >= 4 is 51.4 Å². The van der Waals surface area contributed by atoms with E-state index in [0.717, 1.165) is 27.4 Å². The Hall–Kier alpha value is -5.21. The number of rotatable bonds is 18. The second-order valence-electron chi connectivity index (χ2n) is 11.5. The first-order valence-electron chi connectivity index (χ1n) is 15.5. The highest BCUT2D eigenvalue weighted by Gasteiger charge is 2.31. The monoisotopic (exact) mass is 646 g/mol. The molecule has 12 N–H and O–H groups in total. The van der Waals surface area contributed by atoms with E-state index in [-0.39, 0.29) is 32.1 Å². The quantitative estimate of drug-likeness (QED) is 0.0694. The Balaban J connectivity index is 1.46. The first kappa shape index (κ1) is 34.7. The van der Waals surface area contributed by atoms with Gasteiger partial charge in [0, 0.05) is 47.0 Å². The van der Waals surface area contributed by atoms with Gasteiger partial charge in [-0.3, -0.25) is 19.2 Å². The van der Waals surface area contributed by atoms with Gasteiger partial charge in [0.2, 0.25) is 23.6 Å². The zero-order valence-corrected chi connectivity index (χ0v) is 26.0. The Labute approximate surface area is 271 Å². The molecule has 2 heterocycles. The third-order valence-electron chi connectivity index (χ3n) is 8.06. The molecule has 14 heteroatoms. The van der Waals surface area contributed by atoms with E-state index in [0.29, 0.717) is 24.9 Å². The van der Waals surface area contributed by atoms with E-state index in [9.17, 15) is 29.1 Å². The zero-order chi connectivity index (χ0) is 33.9. The minimum Gasteiger partial charge on any atom is -0.480 e. The Morgan fingerprint density at radius 1 is 0.702 bits per heavy atom. The lowest BCUT2D eigenvalue weighted by Gasteiger charge is -2.25. The first-order chi connectivity index (χ1) is 22.6. The van der Waals surface area contributed by atoms with Gasteiger partial charge >= 0.3 is 5.97 Å². The molecule has 47 heavy (non-hydrogen) atoms. The molecule has 4 rings (SSSR count). The van der Waals surface area contributed by atoms with Crippen LogP contribution in [0.5, 0.6) is 0 Å². The molecule has 4 atom stereocenters. The number of carboxylic acid groups (broad SMARTS) is 1. The molecular weight excluding hydrogens is 604 g/mol. The molecule has 0 aliphatic heterocycles. The SMILES string of the molecule is NCCCCC(NC(=O)C(CCC(N)=O)NC(=O)C(N)Cc1c[nH]c2ccccc12)C(=O)NC(Cc1c[nH]c2ccccc12)C(=O)O. The summed E-state index contributed by atoms with van der Waals surface area (Å²) in [5.41, 5.74) is 20.4. The van der Waals surface area contributed by atoms with Crippen molar-refractivity contribution in [3.63, 3.8) is 0 Å². The number of aliphatic carboxylic acids is 1. The highest BCUT2D eigenvalue weighted by atomic mass is 16.4. The number of benzene rings is 2. The van der Waals surface area contributed by atoms with Crippen molar-refractivity contribution in [3.05, 3.63) is 72.1 Å². The molecule has 2 aromatic carbocycles. The lowest BCUT2D eigenvalue weighted by molar-refractivity contribution is -0.142. The second kappa shape index (κ2) is 16.4. The van der Waals surface area contributed by atoms with E-state index in [2.05, 4.69) is 25.9 Å². The van der Waals surface area contributed by atoms with E-state index in [1.807, 2.05) is 48.5 Å². The summed E-state index contributed by atoms with van der Waals surface area (Å²) >= 11 is 0. The Morgan fingerprint density at radius 3 is 1.77 bits per heavy atom. The maximum atomic E-state index is 13.5. The molecule has 4 amide bonds. The zero-order valence-electron chi connectivity index (χ0n) is 26.0. The smallest absolute Gasteiger partial charge is 0.326 e. The fourth-order valence-electron chi connectivity index (χ4n) is 5.49. The third-order valence-corrected chi connectivity index (χ3v) is 8.06. The predicted octanol–water partition coefficient (Wildman–Crippen LogP) is 0.695. The van der Waals surface area contributed by atoms with Gasteiger partial charge in [-0.25, -0.2) is 4.79 Å². The Morgan fingerprint density at radius 2 is 1.21 bits per heavy atom. The van der Waals surface area contributed by atoms with Crippen LogP contribution in [0.25, 0.3) is 21.8 Å². The van der Waals surface area contributed by atoms with Crippen molar-refractivity contribution in [2.75, 3.05) is 6.54 Å². The van der Waals surface area contributed by atoms with Crippen LogP contribution in [0, 0.1) is 0 Å². The number of amides is 4. The van der Waals surface area contributed by atoms with Gasteiger partial charge in [-0.15, -0.1) is 0 Å². The van der Waals surface area contributed by atoms with E-state index < -0.39 is 53.8 Å². The summed E-state index contributed by atoms with van der Waals surface area (Å²) in [6, 6.07) is 10.2. The summed E-state index contributed by atoms with van der Waals surface area (Å²) in [6.07, 6.45) is 4.46. The molecule has 0 radical (unpaired) electrons. The molecule has 0 saturated heterocycles. The molecule has 0 saturated carbocycles. The van der Waals surface area contributed by atoms with E-state index in [4.69, 9.17) is 17.2 Å². The fourth-order valence-corrected chi connectivity index (χ4v) is 5.49. The van der Waals surface area contributed by atoms with Crippen LogP contribution >= 0.6 is 0 Å². The van der Waals surface area contributed by atoms with Crippen LogP contribution in [0.4, 0.5) is 0 Å². The number of nitrogens with one attached hydrogen (secondary N) is 5. The number of aromatic amines is 2. The molecule has 0 fully saturated rings. The summed E-state index contributed by atoms with van der Waals surface area (Å²) in [5, 5.41) is 19.5. The van der Waals surface area contributed by atoms with Crippen LogP contribution in [-0.2, 0) is 36.8 Å². The standard InChI is InChI=1S/C33H42N8O6/c34-14-6-5-11-26(31(44)41-28(33(46)47)16-20-18-38-25-10-4-2-8-22(20)25)40-32(45)27(12-13-29(36)42)39-30(43)23(35)15-19-17-37-24-9-3-1-7-21(19)24/h1-4,7-10,17-18,23,26-28,37-38H,5-6,11-16,34-35H2,(H2,36,42)(H,39,43)(H,40,45)(H,41,44)(H,46,47). The Bertz CT molecular complexity index is 1720. The molecule has 0 aliphatic carbocycles. The van der Waals surface area contributed by atoms with Crippen molar-refractivity contribution in [2.45, 2.75) is 69.1 Å². The molecule has 4 unspecified atom stereocenters. The number of carboxylic acids is 1. The van der Waals surface area contributed by atoms with E-state index in [1.165, 1.54) is 0 Å². The first-order valence-corrected chi connectivity index (χ1v) is 15.5. The number of carbonyl (C=O) groups excluding carboxylic acids is 4. The number of para-hydroxylation sites is 2. The minimum atomic E-state index is -1.29. The summed E-state index contributed by atoms with van der Waals surface area (Å²) < 4.78 is 0. The topological polar surface area (TPSA) is 251 Å². The van der Waals surface area contributed by atoms with Gasteiger partial charge in [0.05, 0.1) is 6.04 Å². The van der Waals surface area contributed by atoms with Gasteiger partial charge in [0.25, 0.3) is 0 Å². The van der Waals surface area contributed by atoms with E-state index >= 15 is 0 Å². The maximum absolute atomic E-state index is 13.5. The van der Waals surface area contributed by atoms with Crippen LogP contribution in [-0.4, -0.2) is 75.4 Å². The van der Waals surface area contributed by atoms with Gasteiger partial charge < -0.3 is 48.2 Å². The second-order valence-corrected chi connectivity index (χ2v) is 11.5. The summed E-state index contributed by atoms with van der Waals surface area (Å²) in [5.74, 6) is -4.01. The van der Waals surface area contributed by atoms with Gasteiger partial charge in [-0.2, -0.15) is 0 Å². The van der Waals surface area contributed by atoms with Gasteiger partial charge in [-0.1, -0.05) is 36.4 Å². The van der Waals surface area contributed by atoms with Crippen molar-refractivity contribution in [3.8, 4) is 0 Å². The van der Waals surface area contributed by atoms with Crippen LogP contribution < -0.4 is 33.2 Å². The van der Waals surface area contributed by atoms with Gasteiger partial charge in [0.1, 0.15) is 18.1 Å². The lowest BCUT2D eigenvalue weighted by atomic mass is 10.0. The predicted molar refractivity (Wildman–Crippen MR) is 177 cm³/mol. The van der Waals surface area contributed by atoms with Crippen molar-refractivity contribution < 1.29 is 29.1 Å². The highest BCUT2D eigenvalue weighted by molar-refractivity contribution is 5.95. The summed E-state index contributed by atoms with van der Waals surface area (Å²) in [7, 11) is 0. The number of aromatic nitrogens is 2. The number of H-pyrrole nitrogens is 2. The molecule has 14 nitrogen and oxygen atoms in total. The molecule has 0 spiro atoms. The number of carbonyl (C=O) groups is 5. The Kier molecular flexibility index (Phi) is 12.1. The van der Waals surface area contributed by atoms with Crippen LogP contribution in [0.2, 0.25) is 0 Å². The average molecular weight is 647 g/mol. The van der Waals surface area contributed by atoms with Crippen molar-refractivity contribution in [2.24, 2.45) is 17.2 Å². The summed E-state index contributed by atoms with van der Waals surface area (Å²) in [4.78, 5) is 70.2. The lowest BCUT2D eigenvalue weighted by Crippen LogP contribution is -2.57. The molecule has 0 bridgehead atoms. The number of hydrogen-bond acceptors (Lipinski definition) is 7. The van der Waals surface area contributed by atoms with E-state index in [1.54, 1.807) is 12.4 Å². The maximum Gasteiger partial charge on any atom is 0.326 e. The third kappa shape index (κ3) is 9.40. The number of unbranched alkanes of at least 4 members (excludes halogenated alkanes) is 1. The molecule has 0 aliphatic rings. The average Bonchev–Trinajstić information content (AvgIpc) is 3.65. The fraction of sp³-hybridized carbons (Fsp3) is 0.364. The molecule has 2 aromatic heterocycles. The molecule has 4 aromatic rings. The van der Waals surface area contributed by atoms with Crippen molar-refractivity contribution in [1.29, 1.82) is 0 Å². The highest BCUT2D eigenvalue weighted by Crippen LogP contribution is 2.20. The molecule has 250 valence electrons. The van der Waals surface area contributed by atoms with Crippen LogP contribution in [0.15, 0.2) is 60.9 Å². The van der Waals surface area contributed by atoms with Crippen LogP contribution in [0.3, 0.4) is 0 Å². The number of nitrogens with two attached hydrogens (primary N) is 3. The summed E-state index contributed by atoms with van der Waals surface area (Å²) in [6.45, 7) is 0.353. The number of fused-ring (bicyclic) bond motifs is 2. The largest absolute Gasteiger partial charge is 0.480 e. The molecular formula is C33H42N8O6. The van der Waals surface area contributed by atoms with Crippen LogP contribution in [0.1, 0.15) is 43.2 Å².